The molecule has 0 aromatic heterocycles. The van der Waals surface area contributed by atoms with E-state index < -0.39 is 6.04 Å². The number of nitrogens with two attached hydrogens (primary N) is 1. The van der Waals surface area contributed by atoms with E-state index in [1.165, 1.54) is 0 Å². The van der Waals surface area contributed by atoms with E-state index in [0.29, 0.717) is 26.4 Å². The Morgan fingerprint density at radius 1 is 1.38 bits per heavy atom. The van der Waals surface area contributed by atoms with E-state index in [-0.39, 0.29) is 24.2 Å². The van der Waals surface area contributed by atoms with Crippen LogP contribution in [-0.2, 0) is 9.53 Å². The van der Waals surface area contributed by atoms with E-state index in [2.05, 4.69) is 0 Å². The fraction of sp³-hybridized carbons (Fsp3) is 0.611. The number of aryl methyl sites for hydroxylation is 1. The topological polar surface area (TPSA) is 64.8 Å². The number of hydrogen-bond donors (Lipinski definition) is 1. The Labute approximate surface area is 150 Å². The number of nitrogens with zero attached hydrogens (tertiary/aromatic N) is 1. The predicted molar refractivity (Wildman–Crippen MR) is 97.7 cm³/mol. The minimum absolute atomic E-state index is 0. The number of carbonyl (C=O) groups excluding carboxylic acids is 1. The second-order valence-corrected chi connectivity index (χ2v) is 6.20. The molecule has 1 aromatic carbocycles. The van der Waals surface area contributed by atoms with E-state index in [4.69, 9.17) is 15.2 Å². The number of amides is 1. The summed E-state index contributed by atoms with van der Waals surface area (Å²) < 4.78 is 11.1. The molecule has 0 aliphatic carbocycles. The maximum atomic E-state index is 12.4. The summed E-state index contributed by atoms with van der Waals surface area (Å²) >= 11 is 0. The van der Waals surface area contributed by atoms with Crippen molar-refractivity contribution in [3.8, 4) is 5.75 Å². The molecule has 0 bridgehead atoms. The summed E-state index contributed by atoms with van der Waals surface area (Å²) in [7, 11) is 1.81. The summed E-state index contributed by atoms with van der Waals surface area (Å²) in [5.74, 6) is 1.16. The molecule has 1 heterocycles. The van der Waals surface area contributed by atoms with Crippen molar-refractivity contribution in [2.45, 2.75) is 32.2 Å². The Morgan fingerprint density at radius 2 is 2.04 bits per heavy atom. The van der Waals surface area contributed by atoms with Gasteiger partial charge in [0, 0.05) is 26.8 Å². The number of benzene rings is 1. The van der Waals surface area contributed by atoms with Crippen LogP contribution in [0.1, 0.15) is 24.8 Å². The van der Waals surface area contributed by atoms with Crippen molar-refractivity contribution in [1.29, 1.82) is 0 Å². The van der Waals surface area contributed by atoms with Crippen molar-refractivity contribution in [3.05, 3.63) is 29.8 Å². The van der Waals surface area contributed by atoms with Crippen LogP contribution in [0.15, 0.2) is 24.3 Å². The van der Waals surface area contributed by atoms with Gasteiger partial charge >= 0.3 is 0 Å². The smallest absolute Gasteiger partial charge is 0.239 e. The van der Waals surface area contributed by atoms with Gasteiger partial charge < -0.3 is 20.1 Å². The summed E-state index contributed by atoms with van der Waals surface area (Å²) in [6.07, 6.45) is 2.53. The highest BCUT2D eigenvalue weighted by molar-refractivity contribution is 5.85. The van der Waals surface area contributed by atoms with Gasteiger partial charge in [-0.05, 0) is 43.7 Å². The first-order valence-corrected chi connectivity index (χ1v) is 8.36. The summed E-state index contributed by atoms with van der Waals surface area (Å²) in [6, 6.07) is 7.53. The monoisotopic (exact) mass is 356 g/mol. The molecule has 0 radical (unpaired) electrons. The Morgan fingerprint density at radius 3 is 2.71 bits per heavy atom. The second-order valence-electron chi connectivity index (χ2n) is 6.20. The molecule has 1 atom stereocenters. The van der Waals surface area contributed by atoms with Gasteiger partial charge in [-0.2, -0.15) is 0 Å². The van der Waals surface area contributed by atoms with E-state index in [9.17, 15) is 4.79 Å². The lowest BCUT2D eigenvalue weighted by atomic mass is 9.91. The van der Waals surface area contributed by atoms with Gasteiger partial charge in [-0.15, -0.1) is 12.4 Å². The zero-order valence-electron chi connectivity index (χ0n) is 14.6. The minimum Gasteiger partial charge on any atom is -0.493 e. The van der Waals surface area contributed by atoms with Crippen molar-refractivity contribution in [1.82, 2.24) is 4.90 Å². The average Bonchev–Trinajstić information content (AvgIpc) is 2.59. The van der Waals surface area contributed by atoms with Crippen LogP contribution in [0.2, 0.25) is 0 Å². The molecule has 1 fully saturated rings. The number of ether oxygens (including phenoxy) is 2. The Hall–Kier alpha value is -1.30. The van der Waals surface area contributed by atoms with Gasteiger partial charge in [0.2, 0.25) is 5.91 Å². The van der Waals surface area contributed by atoms with Gasteiger partial charge in [0.05, 0.1) is 12.6 Å². The molecule has 0 saturated carbocycles. The molecule has 24 heavy (non-hydrogen) atoms. The Balaban J connectivity index is 0.00000288. The summed E-state index contributed by atoms with van der Waals surface area (Å²) in [4.78, 5) is 14.1. The van der Waals surface area contributed by atoms with Gasteiger partial charge in [-0.25, -0.2) is 0 Å². The van der Waals surface area contributed by atoms with E-state index in [1.54, 1.807) is 4.90 Å². The summed E-state index contributed by atoms with van der Waals surface area (Å²) in [6.45, 7) is 4.69. The first-order chi connectivity index (χ1) is 11.1. The van der Waals surface area contributed by atoms with Crippen molar-refractivity contribution in [2.75, 3.05) is 33.4 Å². The molecule has 1 saturated heterocycles. The van der Waals surface area contributed by atoms with Crippen LogP contribution in [0.25, 0.3) is 0 Å². The first kappa shape index (κ1) is 20.7. The highest BCUT2D eigenvalue weighted by Gasteiger charge is 2.28. The molecule has 2 N–H and O–H groups in total. The van der Waals surface area contributed by atoms with Crippen LogP contribution < -0.4 is 10.5 Å². The molecule has 2 rings (SSSR count). The third-order valence-corrected chi connectivity index (χ3v) is 4.42. The zero-order chi connectivity index (χ0) is 16.7. The lowest BCUT2D eigenvalue weighted by Crippen LogP contribution is -2.48. The molecule has 1 aliphatic heterocycles. The van der Waals surface area contributed by atoms with Gasteiger partial charge in [-0.1, -0.05) is 18.2 Å². The Bertz CT molecular complexity index is 507. The molecular weight excluding hydrogens is 328 g/mol. The van der Waals surface area contributed by atoms with Gasteiger partial charge in [0.25, 0.3) is 0 Å². The quantitative estimate of drug-likeness (QED) is 0.762. The molecule has 0 spiro atoms. The van der Waals surface area contributed by atoms with Crippen molar-refractivity contribution in [2.24, 2.45) is 11.7 Å². The van der Waals surface area contributed by atoms with Crippen LogP contribution in [0.5, 0.6) is 5.75 Å². The number of rotatable bonds is 7. The molecule has 1 aromatic rings. The molecule has 5 nitrogen and oxygen atoms in total. The molecule has 6 heteroatoms. The largest absolute Gasteiger partial charge is 0.493 e. The van der Waals surface area contributed by atoms with Gasteiger partial charge in [-0.3, -0.25) is 4.79 Å². The fourth-order valence-corrected chi connectivity index (χ4v) is 2.84. The van der Waals surface area contributed by atoms with Crippen LogP contribution >= 0.6 is 12.4 Å². The van der Waals surface area contributed by atoms with Gasteiger partial charge in [0.15, 0.2) is 0 Å². The number of likely N-dealkylation sites (N-methyl/N-ethyl adjacent to an activating group) is 1. The molecule has 1 aliphatic rings. The van der Waals surface area contributed by atoms with Crippen LogP contribution in [-0.4, -0.2) is 50.3 Å². The molecule has 1 amide bonds. The van der Waals surface area contributed by atoms with Crippen molar-refractivity contribution < 1.29 is 14.3 Å². The minimum atomic E-state index is -0.416. The third kappa shape index (κ3) is 5.96. The zero-order valence-corrected chi connectivity index (χ0v) is 15.4. The van der Waals surface area contributed by atoms with E-state index >= 15 is 0 Å². The third-order valence-electron chi connectivity index (χ3n) is 4.42. The summed E-state index contributed by atoms with van der Waals surface area (Å²) in [5, 5.41) is 0. The van der Waals surface area contributed by atoms with Crippen molar-refractivity contribution >= 4 is 18.3 Å². The molecule has 1 unspecified atom stereocenters. The SMILES string of the molecule is Cc1ccccc1OCCCN(C)C(=O)C(N)C1CCOCC1.Cl. The van der Waals surface area contributed by atoms with Crippen LogP contribution in [0.3, 0.4) is 0 Å². The maximum absolute atomic E-state index is 12.4. The standard InChI is InChI=1S/C18H28N2O3.ClH/c1-14-6-3-4-7-16(14)23-11-5-10-20(2)18(21)17(19)15-8-12-22-13-9-15;/h3-4,6-7,15,17H,5,8-13,19H2,1-2H3;1H. The highest BCUT2D eigenvalue weighted by atomic mass is 35.5. The van der Waals surface area contributed by atoms with Crippen LogP contribution in [0, 0.1) is 12.8 Å². The number of halogens is 1. The fourth-order valence-electron chi connectivity index (χ4n) is 2.84. The molecule has 136 valence electrons. The summed E-state index contributed by atoms with van der Waals surface area (Å²) in [5.41, 5.74) is 7.25. The maximum Gasteiger partial charge on any atom is 0.239 e. The van der Waals surface area contributed by atoms with Crippen LogP contribution in [0.4, 0.5) is 0 Å². The predicted octanol–water partition coefficient (Wildman–Crippen LogP) is 2.40. The number of hydrogen-bond acceptors (Lipinski definition) is 4. The van der Waals surface area contributed by atoms with E-state index in [0.717, 1.165) is 30.6 Å². The lowest BCUT2D eigenvalue weighted by molar-refractivity contribution is -0.133. The van der Waals surface area contributed by atoms with Crippen molar-refractivity contribution in [3.63, 3.8) is 0 Å². The van der Waals surface area contributed by atoms with Gasteiger partial charge in [0.1, 0.15) is 5.75 Å². The Kier molecular flexibility index (Phi) is 9.11. The normalized spacial score (nSPS) is 16.1. The first-order valence-electron chi connectivity index (χ1n) is 8.36. The number of carbonyl (C=O) groups is 1. The lowest BCUT2D eigenvalue weighted by Gasteiger charge is -2.29. The van der Waals surface area contributed by atoms with E-state index in [1.807, 2.05) is 38.2 Å². The highest BCUT2D eigenvalue weighted by Crippen LogP contribution is 2.19. The average molecular weight is 357 g/mol. The molecular formula is C18H29ClN2O3. The number of para-hydroxylation sites is 1. The second kappa shape index (κ2) is 10.5.